The van der Waals surface area contributed by atoms with Crippen molar-refractivity contribution in [3.05, 3.63) is 83.6 Å². The Bertz CT molecular complexity index is 1090. The predicted molar refractivity (Wildman–Crippen MR) is 112 cm³/mol. The van der Waals surface area contributed by atoms with Crippen molar-refractivity contribution >= 4 is 28.4 Å². The van der Waals surface area contributed by atoms with Crippen LogP contribution in [-0.2, 0) is 9.53 Å². The molecule has 3 aromatic rings. The number of pyridine rings is 1. The number of hydrogen-bond acceptors (Lipinski definition) is 4. The number of fused-ring (bicyclic) bond motifs is 1. The highest BCUT2D eigenvalue weighted by Gasteiger charge is 2.20. The van der Waals surface area contributed by atoms with Gasteiger partial charge in [0.05, 0.1) is 11.1 Å². The summed E-state index contributed by atoms with van der Waals surface area (Å²) in [5.41, 5.74) is 4.33. The van der Waals surface area contributed by atoms with Gasteiger partial charge in [0.15, 0.2) is 6.61 Å². The molecule has 1 amide bonds. The Morgan fingerprint density at radius 3 is 2.59 bits per heavy atom. The average Bonchev–Trinajstić information content (AvgIpc) is 2.77. The molecule has 1 aliphatic rings. The topological polar surface area (TPSA) is 59.5 Å². The lowest BCUT2D eigenvalue weighted by molar-refractivity contribution is -0.134. The Morgan fingerprint density at radius 2 is 1.83 bits per heavy atom. The van der Waals surface area contributed by atoms with E-state index in [2.05, 4.69) is 23.2 Å². The highest BCUT2D eigenvalue weighted by Crippen LogP contribution is 2.22. The summed E-state index contributed by atoms with van der Waals surface area (Å²) in [7, 11) is 0. The first kappa shape index (κ1) is 18.9. The highest BCUT2D eigenvalue weighted by molar-refractivity contribution is 6.04. The van der Waals surface area contributed by atoms with Gasteiger partial charge >= 0.3 is 5.97 Å². The smallest absolute Gasteiger partial charge is 0.339 e. The summed E-state index contributed by atoms with van der Waals surface area (Å²) < 4.78 is 5.34. The third kappa shape index (κ3) is 4.19. The second kappa shape index (κ2) is 8.27. The van der Waals surface area contributed by atoms with Crippen molar-refractivity contribution in [2.24, 2.45) is 0 Å². The number of carbonyl (C=O) groups is 2. The minimum Gasteiger partial charge on any atom is -0.452 e. The van der Waals surface area contributed by atoms with E-state index in [1.807, 2.05) is 49.4 Å². The van der Waals surface area contributed by atoms with Gasteiger partial charge in [-0.05, 0) is 36.6 Å². The molecule has 0 bridgehead atoms. The fourth-order valence-electron chi connectivity index (χ4n) is 3.58. The predicted octanol–water partition coefficient (Wildman–Crippen LogP) is 4.02. The van der Waals surface area contributed by atoms with E-state index in [-0.39, 0.29) is 12.5 Å². The molecule has 0 aliphatic carbocycles. The molecule has 2 heterocycles. The first-order valence-corrected chi connectivity index (χ1v) is 9.67. The molecule has 1 aromatic heterocycles. The van der Waals surface area contributed by atoms with E-state index in [4.69, 9.17) is 4.74 Å². The van der Waals surface area contributed by atoms with Crippen molar-refractivity contribution in [3.63, 3.8) is 0 Å². The summed E-state index contributed by atoms with van der Waals surface area (Å²) in [6.45, 7) is 2.72. The summed E-state index contributed by atoms with van der Waals surface area (Å²) >= 11 is 0. The van der Waals surface area contributed by atoms with Crippen LogP contribution in [0.25, 0.3) is 16.5 Å². The number of aromatic nitrogens is 1. The highest BCUT2D eigenvalue weighted by atomic mass is 16.5. The van der Waals surface area contributed by atoms with Crippen LogP contribution in [0, 0.1) is 6.92 Å². The number of benzene rings is 2. The zero-order chi connectivity index (χ0) is 20.2. The molecule has 0 spiro atoms. The number of rotatable bonds is 4. The number of amides is 1. The van der Waals surface area contributed by atoms with Gasteiger partial charge in [0, 0.05) is 24.2 Å². The molecule has 1 aliphatic heterocycles. The van der Waals surface area contributed by atoms with E-state index in [9.17, 15) is 9.59 Å². The molecule has 0 saturated heterocycles. The minimum atomic E-state index is -0.502. The summed E-state index contributed by atoms with van der Waals surface area (Å²) in [5, 5.41) is 0.726. The number of nitrogens with zero attached hydrogens (tertiary/aromatic N) is 2. The summed E-state index contributed by atoms with van der Waals surface area (Å²) in [4.78, 5) is 31.3. The maximum absolute atomic E-state index is 12.6. The molecular formula is C24H22N2O3. The second-order valence-electron chi connectivity index (χ2n) is 7.09. The normalized spacial score (nSPS) is 13.8. The van der Waals surface area contributed by atoms with Gasteiger partial charge in [0.25, 0.3) is 5.91 Å². The van der Waals surface area contributed by atoms with Crippen LogP contribution in [0.2, 0.25) is 0 Å². The Balaban J connectivity index is 1.39. The molecule has 4 rings (SSSR count). The molecule has 0 unspecified atom stereocenters. The molecule has 0 atom stereocenters. The Morgan fingerprint density at radius 1 is 1.07 bits per heavy atom. The van der Waals surface area contributed by atoms with E-state index in [1.54, 1.807) is 11.0 Å². The molecule has 2 aromatic carbocycles. The first-order valence-electron chi connectivity index (χ1n) is 9.67. The third-order valence-corrected chi connectivity index (χ3v) is 5.10. The Labute approximate surface area is 169 Å². The van der Waals surface area contributed by atoms with Crippen molar-refractivity contribution in [1.82, 2.24) is 9.88 Å². The third-order valence-electron chi connectivity index (χ3n) is 5.10. The van der Waals surface area contributed by atoms with Crippen LogP contribution in [0.15, 0.2) is 66.7 Å². The van der Waals surface area contributed by atoms with Gasteiger partial charge in [0.1, 0.15) is 0 Å². The largest absolute Gasteiger partial charge is 0.452 e. The van der Waals surface area contributed by atoms with Crippen molar-refractivity contribution in [2.75, 3.05) is 19.7 Å². The molecule has 5 nitrogen and oxygen atoms in total. The molecule has 146 valence electrons. The van der Waals surface area contributed by atoms with Crippen LogP contribution in [-0.4, -0.2) is 41.5 Å². The maximum atomic E-state index is 12.6. The number of hydrogen-bond donors (Lipinski definition) is 0. The quantitative estimate of drug-likeness (QED) is 0.636. The van der Waals surface area contributed by atoms with Crippen LogP contribution in [0.5, 0.6) is 0 Å². The van der Waals surface area contributed by atoms with Crippen molar-refractivity contribution < 1.29 is 14.3 Å². The lowest BCUT2D eigenvalue weighted by Crippen LogP contribution is -2.37. The summed E-state index contributed by atoms with van der Waals surface area (Å²) in [6.07, 6.45) is 2.86. The van der Waals surface area contributed by atoms with E-state index in [0.29, 0.717) is 18.7 Å². The fraction of sp³-hybridized carbons (Fsp3) is 0.208. The molecule has 29 heavy (non-hydrogen) atoms. The fourth-order valence-corrected chi connectivity index (χ4v) is 3.58. The van der Waals surface area contributed by atoms with E-state index < -0.39 is 5.97 Å². The number of para-hydroxylation sites is 1. The summed E-state index contributed by atoms with van der Waals surface area (Å²) in [6, 6.07) is 19.3. The van der Waals surface area contributed by atoms with E-state index in [1.165, 1.54) is 11.1 Å². The van der Waals surface area contributed by atoms with Gasteiger partial charge in [-0.15, -0.1) is 0 Å². The van der Waals surface area contributed by atoms with Crippen LogP contribution in [0.1, 0.15) is 28.0 Å². The zero-order valence-electron chi connectivity index (χ0n) is 16.3. The lowest BCUT2D eigenvalue weighted by Gasteiger charge is -2.26. The molecule has 0 saturated carbocycles. The van der Waals surface area contributed by atoms with Gasteiger partial charge in [-0.25, -0.2) is 4.79 Å². The van der Waals surface area contributed by atoms with Crippen LogP contribution >= 0.6 is 0 Å². The Hall–Kier alpha value is -3.47. The maximum Gasteiger partial charge on any atom is 0.339 e. The van der Waals surface area contributed by atoms with Gasteiger partial charge in [-0.1, -0.05) is 54.6 Å². The summed E-state index contributed by atoms with van der Waals surface area (Å²) in [5.74, 6) is -0.686. The van der Waals surface area contributed by atoms with Crippen molar-refractivity contribution in [1.29, 1.82) is 0 Å². The monoisotopic (exact) mass is 386 g/mol. The SMILES string of the molecule is Cc1cc(C(=O)OCC(=O)N2CC=C(c3ccccc3)CC2)c2ccccc2n1. The molecule has 0 radical (unpaired) electrons. The van der Waals surface area contributed by atoms with Crippen molar-refractivity contribution in [2.45, 2.75) is 13.3 Å². The lowest BCUT2D eigenvalue weighted by atomic mass is 10.00. The van der Waals surface area contributed by atoms with Crippen LogP contribution < -0.4 is 0 Å². The van der Waals surface area contributed by atoms with Gasteiger partial charge in [-0.3, -0.25) is 9.78 Å². The van der Waals surface area contributed by atoms with Crippen LogP contribution in [0.4, 0.5) is 0 Å². The van der Waals surface area contributed by atoms with Gasteiger partial charge < -0.3 is 9.64 Å². The number of ether oxygens (including phenoxy) is 1. The average molecular weight is 386 g/mol. The van der Waals surface area contributed by atoms with E-state index >= 15 is 0 Å². The number of carbonyl (C=O) groups excluding carboxylic acids is 2. The zero-order valence-corrected chi connectivity index (χ0v) is 16.3. The molecule has 5 heteroatoms. The standard InChI is InChI=1S/C24H22N2O3/c1-17-15-21(20-9-5-6-10-22(20)25-17)24(28)29-16-23(27)26-13-11-19(12-14-26)18-7-3-2-4-8-18/h2-11,15H,12-14,16H2,1H3. The van der Waals surface area contributed by atoms with Gasteiger partial charge in [-0.2, -0.15) is 0 Å². The molecule has 0 fully saturated rings. The number of esters is 1. The van der Waals surface area contributed by atoms with Crippen molar-refractivity contribution in [3.8, 4) is 0 Å². The minimum absolute atomic E-state index is 0.184. The van der Waals surface area contributed by atoms with Gasteiger partial charge in [0.2, 0.25) is 0 Å². The second-order valence-corrected chi connectivity index (χ2v) is 7.09. The first-order chi connectivity index (χ1) is 14.1. The molecular weight excluding hydrogens is 364 g/mol. The Kier molecular flexibility index (Phi) is 5.38. The van der Waals surface area contributed by atoms with Crippen LogP contribution in [0.3, 0.4) is 0 Å². The van der Waals surface area contributed by atoms with E-state index in [0.717, 1.165) is 23.0 Å². The number of aryl methyl sites for hydroxylation is 1. The molecule has 0 N–H and O–H groups in total.